The van der Waals surface area contributed by atoms with Crippen LogP contribution in [0.5, 0.6) is 0 Å². The first-order valence-electron chi connectivity index (χ1n) is 5.55. The lowest BCUT2D eigenvalue weighted by atomic mass is 10.0. The summed E-state index contributed by atoms with van der Waals surface area (Å²) in [6.45, 7) is 11.5. The lowest BCUT2D eigenvalue weighted by Crippen LogP contribution is -2.45. The summed E-state index contributed by atoms with van der Waals surface area (Å²) in [4.78, 5) is 2.54. The standard InChI is InChI=1S/C12H22N2/c1-4-5-8-13-12-6-9-14(10-7-12)11(2)3/h5,11-13H,1,6-10H2,2-3H3. The van der Waals surface area contributed by atoms with Gasteiger partial charge in [-0.05, 0) is 45.9 Å². The molecule has 0 unspecified atom stereocenters. The van der Waals surface area contributed by atoms with Crippen molar-refractivity contribution in [3.8, 4) is 0 Å². The number of likely N-dealkylation sites (tertiary alicyclic amines) is 1. The molecule has 0 saturated carbocycles. The second-order valence-electron chi connectivity index (χ2n) is 4.22. The quantitative estimate of drug-likeness (QED) is 0.686. The zero-order valence-corrected chi connectivity index (χ0v) is 9.42. The van der Waals surface area contributed by atoms with Gasteiger partial charge in [-0.2, -0.15) is 0 Å². The molecule has 0 aromatic heterocycles. The van der Waals surface area contributed by atoms with Gasteiger partial charge in [-0.1, -0.05) is 6.58 Å². The highest BCUT2D eigenvalue weighted by Crippen LogP contribution is 2.12. The van der Waals surface area contributed by atoms with Crippen LogP contribution in [0.3, 0.4) is 0 Å². The fraction of sp³-hybridized carbons (Fsp3) is 0.750. The van der Waals surface area contributed by atoms with Crippen LogP contribution in [0, 0.1) is 0 Å². The third-order valence-electron chi connectivity index (χ3n) is 2.91. The lowest BCUT2D eigenvalue weighted by Gasteiger charge is -2.34. The highest BCUT2D eigenvalue weighted by Gasteiger charge is 2.19. The fourth-order valence-corrected chi connectivity index (χ4v) is 1.92. The van der Waals surface area contributed by atoms with E-state index in [1.165, 1.54) is 25.9 Å². The van der Waals surface area contributed by atoms with E-state index in [-0.39, 0.29) is 0 Å². The summed E-state index contributed by atoms with van der Waals surface area (Å²) in [6, 6.07) is 1.39. The normalized spacial score (nSPS) is 19.6. The molecule has 1 aliphatic rings. The Kier molecular flexibility index (Phi) is 4.95. The molecule has 2 heteroatoms. The molecule has 2 nitrogen and oxygen atoms in total. The molecule has 0 aromatic carbocycles. The van der Waals surface area contributed by atoms with Crippen LogP contribution in [0.4, 0.5) is 0 Å². The first-order valence-corrected chi connectivity index (χ1v) is 5.55. The minimum atomic E-state index is 0.689. The monoisotopic (exact) mass is 194 g/mol. The van der Waals surface area contributed by atoms with Crippen molar-refractivity contribution in [1.29, 1.82) is 0 Å². The van der Waals surface area contributed by atoms with E-state index in [9.17, 15) is 0 Å². The summed E-state index contributed by atoms with van der Waals surface area (Å²) in [7, 11) is 0. The van der Waals surface area contributed by atoms with Crippen LogP contribution in [-0.2, 0) is 0 Å². The van der Waals surface area contributed by atoms with Crippen molar-refractivity contribution >= 4 is 0 Å². The molecule has 0 atom stereocenters. The average Bonchev–Trinajstić information content (AvgIpc) is 2.19. The molecule has 0 aromatic rings. The molecule has 1 aliphatic heterocycles. The maximum Gasteiger partial charge on any atom is 0.0212 e. The van der Waals surface area contributed by atoms with Crippen molar-refractivity contribution in [2.45, 2.75) is 38.8 Å². The molecule has 0 aliphatic carbocycles. The van der Waals surface area contributed by atoms with Gasteiger partial charge >= 0.3 is 0 Å². The number of rotatable bonds is 4. The molecule has 14 heavy (non-hydrogen) atoms. The van der Waals surface area contributed by atoms with E-state index in [1.54, 1.807) is 0 Å². The molecule has 0 bridgehead atoms. The number of hydrogen-bond donors (Lipinski definition) is 1. The van der Waals surface area contributed by atoms with Crippen molar-refractivity contribution < 1.29 is 0 Å². The fourth-order valence-electron chi connectivity index (χ4n) is 1.92. The SMILES string of the molecule is C=C=CCNC1CCN(C(C)C)CC1. The first kappa shape index (κ1) is 11.5. The predicted octanol–water partition coefficient (Wildman–Crippen LogP) is 1.79. The lowest BCUT2D eigenvalue weighted by molar-refractivity contribution is 0.163. The molecular formula is C12H22N2. The third kappa shape index (κ3) is 3.67. The van der Waals surface area contributed by atoms with Crippen LogP contribution in [-0.4, -0.2) is 36.6 Å². The number of nitrogens with one attached hydrogen (secondary N) is 1. The molecular weight excluding hydrogens is 172 g/mol. The Hall–Kier alpha value is -0.560. The second kappa shape index (κ2) is 6.02. The Morgan fingerprint density at radius 2 is 2.14 bits per heavy atom. The summed E-state index contributed by atoms with van der Waals surface area (Å²) in [5.74, 6) is 0. The van der Waals surface area contributed by atoms with E-state index in [2.05, 4.69) is 36.4 Å². The second-order valence-corrected chi connectivity index (χ2v) is 4.22. The molecule has 80 valence electrons. The van der Waals surface area contributed by atoms with Crippen LogP contribution in [0.15, 0.2) is 18.4 Å². The van der Waals surface area contributed by atoms with Gasteiger partial charge in [0.2, 0.25) is 0 Å². The van der Waals surface area contributed by atoms with E-state index in [1.807, 2.05) is 6.08 Å². The van der Waals surface area contributed by atoms with E-state index in [4.69, 9.17) is 0 Å². The summed E-state index contributed by atoms with van der Waals surface area (Å²) in [6.07, 6.45) is 4.49. The highest BCUT2D eigenvalue weighted by atomic mass is 15.2. The highest BCUT2D eigenvalue weighted by molar-refractivity contribution is 4.84. The van der Waals surface area contributed by atoms with Crippen LogP contribution >= 0.6 is 0 Å². The minimum absolute atomic E-state index is 0.689. The van der Waals surface area contributed by atoms with E-state index in [0.29, 0.717) is 12.1 Å². The molecule has 1 rings (SSSR count). The number of hydrogen-bond acceptors (Lipinski definition) is 2. The van der Waals surface area contributed by atoms with Crippen LogP contribution in [0.1, 0.15) is 26.7 Å². The average molecular weight is 194 g/mol. The van der Waals surface area contributed by atoms with Gasteiger partial charge in [-0.3, -0.25) is 0 Å². The third-order valence-corrected chi connectivity index (χ3v) is 2.91. The van der Waals surface area contributed by atoms with E-state index < -0.39 is 0 Å². The van der Waals surface area contributed by atoms with Gasteiger partial charge in [0.25, 0.3) is 0 Å². The largest absolute Gasteiger partial charge is 0.310 e. The van der Waals surface area contributed by atoms with Crippen molar-refractivity contribution in [3.05, 3.63) is 18.4 Å². The molecule has 0 radical (unpaired) electrons. The molecule has 1 fully saturated rings. The zero-order chi connectivity index (χ0) is 10.4. The maximum atomic E-state index is 3.55. The van der Waals surface area contributed by atoms with Gasteiger partial charge in [0.05, 0.1) is 0 Å². The summed E-state index contributed by atoms with van der Waals surface area (Å²) in [5.41, 5.74) is 2.79. The van der Waals surface area contributed by atoms with E-state index >= 15 is 0 Å². The molecule has 0 spiro atoms. The number of nitrogens with zero attached hydrogens (tertiary/aromatic N) is 1. The van der Waals surface area contributed by atoms with Gasteiger partial charge in [0.1, 0.15) is 0 Å². The van der Waals surface area contributed by atoms with Crippen molar-refractivity contribution in [2.24, 2.45) is 0 Å². The van der Waals surface area contributed by atoms with Gasteiger partial charge in [-0.25, -0.2) is 0 Å². The smallest absolute Gasteiger partial charge is 0.0212 e. The Balaban J connectivity index is 2.18. The predicted molar refractivity (Wildman–Crippen MR) is 61.4 cm³/mol. The molecule has 1 N–H and O–H groups in total. The molecule has 0 amide bonds. The Morgan fingerprint density at radius 3 is 2.64 bits per heavy atom. The Bertz CT molecular complexity index is 196. The Labute approximate surface area is 87.7 Å². The summed E-state index contributed by atoms with van der Waals surface area (Å²) >= 11 is 0. The van der Waals surface area contributed by atoms with Crippen LogP contribution in [0.25, 0.3) is 0 Å². The first-order chi connectivity index (χ1) is 6.74. The van der Waals surface area contributed by atoms with Crippen LogP contribution < -0.4 is 5.32 Å². The van der Waals surface area contributed by atoms with Crippen molar-refractivity contribution in [1.82, 2.24) is 10.2 Å². The Morgan fingerprint density at radius 1 is 1.50 bits per heavy atom. The topological polar surface area (TPSA) is 15.3 Å². The number of piperidine rings is 1. The molecule has 1 saturated heterocycles. The maximum absolute atomic E-state index is 3.55. The summed E-state index contributed by atoms with van der Waals surface area (Å²) in [5, 5.41) is 3.50. The zero-order valence-electron chi connectivity index (χ0n) is 9.42. The van der Waals surface area contributed by atoms with Gasteiger partial charge in [0.15, 0.2) is 0 Å². The summed E-state index contributed by atoms with van der Waals surface area (Å²) < 4.78 is 0. The molecule has 1 heterocycles. The van der Waals surface area contributed by atoms with Gasteiger partial charge < -0.3 is 10.2 Å². The van der Waals surface area contributed by atoms with Gasteiger partial charge in [0, 0.05) is 18.6 Å². The van der Waals surface area contributed by atoms with E-state index in [0.717, 1.165) is 6.54 Å². The van der Waals surface area contributed by atoms with Crippen molar-refractivity contribution in [3.63, 3.8) is 0 Å². The minimum Gasteiger partial charge on any atom is -0.310 e. The van der Waals surface area contributed by atoms with Crippen molar-refractivity contribution in [2.75, 3.05) is 19.6 Å². The van der Waals surface area contributed by atoms with Gasteiger partial charge in [-0.15, -0.1) is 5.73 Å². The van der Waals surface area contributed by atoms with Crippen LogP contribution in [0.2, 0.25) is 0 Å².